The molecule has 1 unspecified atom stereocenters. The molecule has 0 bridgehead atoms. The van der Waals surface area contributed by atoms with E-state index in [-0.39, 0.29) is 6.10 Å². The first-order valence-electron chi connectivity index (χ1n) is 12.2. The molecule has 0 spiro atoms. The van der Waals surface area contributed by atoms with Crippen LogP contribution in [0.3, 0.4) is 0 Å². The Hall–Kier alpha value is -3.88. The van der Waals surface area contributed by atoms with E-state index < -0.39 is 23.3 Å². The van der Waals surface area contributed by atoms with Crippen LogP contribution in [0.25, 0.3) is 0 Å². The molecule has 3 rings (SSSR count). The minimum Gasteiger partial charge on any atom is -0.493 e. The van der Waals surface area contributed by atoms with Crippen LogP contribution < -0.4 is 18.9 Å². The number of rotatable bonds is 13. The average molecular weight is 533 g/mol. The molecule has 0 saturated carbocycles. The molecule has 1 atom stereocenters. The van der Waals surface area contributed by atoms with Crippen LogP contribution in [0.2, 0.25) is 0 Å². The third-order valence-electron chi connectivity index (χ3n) is 5.57. The highest BCUT2D eigenvalue weighted by Gasteiger charge is 2.30. The fourth-order valence-electron chi connectivity index (χ4n) is 3.46. The third-order valence-corrected chi connectivity index (χ3v) is 5.57. The summed E-state index contributed by atoms with van der Waals surface area (Å²) in [5.41, 5.74) is -2.06. The van der Waals surface area contributed by atoms with Crippen molar-refractivity contribution in [2.75, 3.05) is 6.61 Å². The van der Waals surface area contributed by atoms with E-state index in [1.165, 1.54) is 26.0 Å². The Bertz CT molecular complexity index is 1160. The number of ether oxygens (including phenoxy) is 4. The first-order valence-corrected chi connectivity index (χ1v) is 12.2. The Labute approximate surface area is 219 Å². The molecule has 0 aliphatic carbocycles. The van der Waals surface area contributed by atoms with E-state index in [0.29, 0.717) is 41.8 Å². The second kappa shape index (κ2) is 12.6. The van der Waals surface area contributed by atoms with Crippen LogP contribution in [0.4, 0.5) is 13.2 Å². The summed E-state index contributed by atoms with van der Waals surface area (Å²) in [6.45, 7) is 5.44. The van der Waals surface area contributed by atoms with Gasteiger partial charge < -0.3 is 24.1 Å². The largest absolute Gasteiger partial charge is 0.493 e. The number of benzene rings is 3. The second-order valence-electron chi connectivity index (χ2n) is 9.15. The molecule has 3 aromatic carbocycles. The molecule has 6 nitrogen and oxygen atoms in total. The predicted octanol–water partition coefficient (Wildman–Crippen LogP) is 7.76. The fourth-order valence-corrected chi connectivity index (χ4v) is 3.46. The number of alkyl halides is 3. The van der Waals surface area contributed by atoms with Gasteiger partial charge in [-0.1, -0.05) is 13.3 Å². The van der Waals surface area contributed by atoms with Gasteiger partial charge in [-0.3, -0.25) is 0 Å². The smallest absolute Gasteiger partial charge is 0.416 e. The average Bonchev–Trinajstić information content (AvgIpc) is 2.86. The molecule has 1 N–H and O–H groups in total. The highest BCUT2D eigenvalue weighted by Crippen LogP contribution is 2.32. The Morgan fingerprint density at radius 2 is 1.29 bits per heavy atom. The first-order chi connectivity index (χ1) is 18.0. The summed E-state index contributed by atoms with van der Waals surface area (Å²) in [4.78, 5) is 11.2. The Kier molecular flexibility index (Phi) is 9.50. The van der Waals surface area contributed by atoms with Crippen LogP contribution in [-0.2, 0) is 11.0 Å². The molecular formula is C29H31F3O6. The molecule has 0 aromatic heterocycles. The third kappa shape index (κ3) is 8.61. The molecule has 0 aliphatic heterocycles. The summed E-state index contributed by atoms with van der Waals surface area (Å²) in [6.07, 6.45) is -2.09. The number of aliphatic carboxylic acids is 1. The lowest BCUT2D eigenvalue weighted by molar-refractivity contribution is -0.152. The highest BCUT2D eigenvalue weighted by molar-refractivity contribution is 5.76. The van der Waals surface area contributed by atoms with Crippen LogP contribution in [-0.4, -0.2) is 29.4 Å². The molecule has 0 fully saturated rings. The summed E-state index contributed by atoms with van der Waals surface area (Å²) in [6, 6.07) is 18.2. The lowest BCUT2D eigenvalue weighted by atomic mass is 10.1. The molecule has 38 heavy (non-hydrogen) atoms. The van der Waals surface area contributed by atoms with Crippen molar-refractivity contribution in [2.24, 2.45) is 0 Å². The number of hydrogen-bond acceptors (Lipinski definition) is 5. The fraction of sp³-hybridized carbons (Fsp3) is 0.345. The topological polar surface area (TPSA) is 74.2 Å². The van der Waals surface area contributed by atoms with Crippen molar-refractivity contribution < 1.29 is 42.0 Å². The van der Waals surface area contributed by atoms with Crippen LogP contribution >= 0.6 is 0 Å². The summed E-state index contributed by atoms with van der Waals surface area (Å²) in [5.74, 6) is 1.43. The van der Waals surface area contributed by atoms with E-state index in [1.54, 1.807) is 48.5 Å². The van der Waals surface area contributed by atoms with Crippen molar-refractivity contribution in [2.45, 2.75) is 57.9 Å². The van der Waals surface area contributed by atoms with E-state index in [4.69, 9.17) is 18.9 Å². The lowest BCUT2D eigenvalue weighted by Gasteiger charge is -2.21. The van der Waals surface area contributed by atoms with Gasteiger partial charge in [0.15, 0.2) is 5.60 Å². The Morgan fingerprint density at radius 1 is 0.789 bits per heavy atom. The van der Waals surface area contributed by atoms with Gasteiger partial charge in [0, 0.05) is 6.42 Å². The van der Waals surface area contributed by atoms with Crippen LogP contribution in [0.5, 0.6) is 28.7 Å². The zero-order valence-electron chi connectivity index (χ0n) is 21.5. The molecule has 9 heteroatoms. The van der Waals surface area contributed by atoms with Crippen molar-refractivity contribution in [3.8, 4) is 28.7 Å². The maximum absolute atomic E-state index is 12.7. The van der Waals surface area contributed by atoms with Gasteiger partial charge in [-0.05, 0) is 93.1 Å². The van der Waals surface area contributed by atoms with E-state index in [9.17, 15) is 23.1 Å². The van der Waals surface area contributed by atoms with Crippen LogP contribution in [0, 0.1) is 0 Å². The van der Waals surface area contributed by atoms with E-state index in [1.807, 2.05) is 0 Å². The highest BCUT2D eigenvalue weighted by atomic mass is 19.4. The van der Waals surface area contributed by atoms with Crippen LogP contribution in [0.1, 0.15) is 45.6 Å². The first kappa shape index (κ1) is 28.7. The monoisotopic (exact) mass is 532 g/mol. The summed E-state index contributed by atoms with van der Waals surface area (Å²) < 4.78 is 61.2. The summed E-state index contributed by atoms with van der Waals surface area (Å²) in [7, 11) is 0. The summed E-state index contributed by atoms with van der Waals surface area (Å²) >= 11 is 0. The molecule has 3 aromatic rings. The van der Waals surface area contributed by atoms with Crippen molar-refractivity contribution in [3.63, 3.8) is 0 Å². The molecule has 0 radical (unpaired) electrons. The molecule has 204 valence electrons. The van der Waals surface area contributed by atoms with Crippen molar-refractivity contribution in [1.82, 2.24) is 0 Å². The zero-order chi connectivity index (χ0) is 27.8. The lowest BCUT2D eigenvalue weighted by Crippen LogP contribution is -2.37. The second-order valence-corrected chi connectivity index (χ2v) is 9.15. The van der Waals surface area contributed by atoms with Gasteiger partial charge >= 0.3 is 12.1 Å². The van der Waals surface area contributed by atoms with Crippen molar-refractivity contribution in [3.05, 3.63) is 78.4 Å². The Morgan fingerprint density at radius 3 is 1.82 bits per heavy atom. The number of hydrogen-bond donors (Lipinski definition) is 1. The van der Waals surface area contributed by atoms with Gasteiger partial charge in [0.25, 0.3) is 0 Å². The molecule has 0 aliphatic rings. The zero-order valence-corrected chi connectivity index (χ0v) is 21.5. The number of halogens is 3. The number of carbonyl (C=O) groups is 1. The van der Waals surface area contributed by atoms with Crippen LogP contribution in [0.15, 0.2) is 72.8 Å². The maximum atomic E-state index is 12.7. The molecule has 0 heterocycles. The minimum absolute atomic E-state index is 0.0827. The normalized spacial score (nSPS) is 12.5. The van der Waals surface area contributed by atoms with Gasteiger partial charge in [0.1, 0.15) is 34.9 Å². The Balaban J connectivity index is 1.49. The number of carboxylic acids is 1. The standard InChI is InChI=1S/C29H31F3O6/c1-4-5-22(18-19-35-21-10-16-26(17-11-21)38-28(2,3)27(33)34)36-24-12-14-25(15-13-24)37-23-8-6-20(7-9-23)29(30,31)32/h6-17,22H,4-5,18-19H2,1-3H3,(H,33,34). The van der Waals surface area contributed by atoms with Gasteiger partial charge in [-0.2, -0.15) is 13.2 Å². The SMILES string of the molecule is CCCC(CCOc1ccc(OC(C)(C)C(=O)O)cc1)Oc1ccc(Oc2ccc(C(F)(F)F)cc2)cc1. The quantitative estimate of drug-likeness (QED) is 0.243. The maximum Gasteiger partial charge on any atom is 0.416 e. The van der Waals surface area contributed by atoms with Gasteiger partial charge in [-0.25, -0.2) is 4.79 Å². The van der Waals surface area contributed by atoms with Gasteiger partial charge in [0.2, 0.25) is 0 Å². The van der Waals surface area contributed by atoms with Gasteiger partial charge in [0.05, 0.1) is 12.2 Å². The van der Waals surface area contributed by atoms with Gasteiger partial charge in [-0.15, -0.1) is 0 Å². The predicted molar refractivity (Wildman–Crippen MR) is 136 cm³/mol. The minimum atomic E-state index is -4.39. The molecule has 0 saturated heterocycles. The van der Waals surface area contributed by atoms with Crippen molar-refractivity contribution >= 4 is 5.97 Å². The number of carboxylic acid groups (broad SMARTS) is 1. The van der Waals surface area contributed by atoms with E-state index in [0.717, 1.165) is 25.0 Å². The van der Waals surface area contributed by atoms with E-state index >= 15 is 0 Å². The molecular weight excluding hydrogens is 501 g/mol. The van der Waals surface area contributed by atoms with E-state index in [2.05, 4.69) is 6.92 Å². The summed E-state index contributed by atoms with van der Waals surface area (Å²) in [5, 5.41) is 9.18. The molecule has 0 amide bonds. The van der Waals surface area contributed by atoms with Crippen molar-refractivity contribution in [1.29, 1.82) is 0 Å².